The molecule has 2 atom stereocenters. The van der Waals surface area contributed by atoms with E-state index in [1.165, 1.54) is 0 Å². The number of H-pyrrole nitrogens is 1. The number of pyridine rings is 1. The van der Waals surface area contributed by atoms with E-state index in [1.807, 2.05) is 49.5 Å². The van der Waals surface area contributed by atoms with Crippen LogP contribution in [0.4, 0.5) is 0 Å². The topological polar surface area (TPSA) is 92.9 Å². The van der Waals surface area contributed by atoms with Crippen molar-refractivity contribution in [3.05, 3.63) is 100 Å². The molecule has 0 aliphatic heterocycles. The summed E-state index contributed by atoms with van der Waals surface area (Å²) < 4.78 is 3.33. The van der Waals surface area contributed by atoms with E-state index in [1.54, 1.807) is 33.7 Å². The van der Waals surface area contributed by atoms with Gasteiger partial charge in [0.05, 0.1) is 17.1 Å². The summed E-state index contributed by atoms with van der Waals surface area (Å²) in [5.41, 5.74) is 4.99. The second kappa shape index (κ2) is 8.09. The molecular weight excluding hydrogens is 416 g/mol. The van der Waals surface area contributed by atoms with Gasteiger partial charge in [0.25, 0.3) is 0 Å². The van der Waals surface area contributed by atoms with Crippen LogP contribution >= 0.6 is 0 Å². The minimum absolute atomic E-state index is 0.0208. The van der Waals surface area contributed by atoms with Crippen molar-refractivity contribution in [2.45, 2.75) is 32.4 Å². The fourth-order valence-corrected chi connectivity index (χ4v) is 4.74. The third kappa shape index (κ3) is 3.42. The highest BCUT2D eigenvalue weighted by Crippen LogP contribution is 2.31. The first kappa shape index (κ1) is 20.8. The lowest BCUT2D eigenvalue weighted by Crippen LogP contribution is -2.30. The van der Waals surface area contributed by atoms with Gasteiger partial charge in [-0.15, -0.1) is 0 Å². The predicted molar refractivity (Wildman–Crippen MR) is 128 cm³/mol. The number of aromatic amines is 1. The second-order valence-electron chi connectivity index (χ2n) is 8.35. The van der Waals surface area contributed by atoms with Crippen LogP contribution in [-0.4, -0.2) is 30.2 Å². The summed E-state index contributed by atoms with van der Waals surface area (Å²) in [7, 11) is 0. The van der Waals surface area contributed by atoms with Crippen molar-refractivity contribution in [3.8, 4) is 0 Å². The van der Waals surface area contributed by atoms with Gasteiger partial charge in [-0.2, -0.15) is 0 Å². The molecule has 0 spiro atoms. The molecule has 2 aromatic carbocycles. The van der Waals surface area contributed by atoms with Crippen molar-refractivity contribution < 1.29 is 9.90 Å². The van der Waals surface area contributed by atoms with Crippen molar-refractivity contribution in [2.24, 2.45) is 0 Å². The molecule has 5 rings (SSSR count). The molecule has 0 bridgehead atoms. The van der Waals surface area contributed by atoms with Crippen LogP contribution in [0.3, 0.4) is 0 Å². The number of fused-ring (bicyclic) bond motifs is 2. The van der Waals surface area contributed by atoms with E-state index >= 15 is 0 Å². The van der Waals surface area contributed by atoms with E-state index in [4.69, 9.17) is 0 Å². The van der Waals surface area contributed by atoms with E-state index in [0.29, 0.717) is 11.1 Å². The third-order valence-corrected chi connectivity index (χ3v) is 6.40. The number of aryl methyl sites for hydroxylation is 1. The van der Waals surface area contributed by atoms with Gasteiger partial charge in [0.1, 0.15) is 5.92 Å². The van der Waals surface area contributed by atoms with Crippen molar-refractivity contribution in [3.63, 3.8) is 0 Å². The first-order valence-electron chi connectivity index (χ1n) is 10.9. The van der Waals surface area contributed by atoms with E-state index in [2.05, 4.69) is 23.0 Å². The number of rotatable bonds is 6. The lowest BCUT2D eigenvalue weighted by molar-refractivity contribution is -0.139. The Bertz CT molecular complexity index is 1530. The number of aliphatic carboxylic acids is 1. The Balaban J connectivity index is 1.67. The number of aromatic nitrogens is 4. The number of para-hydroxylation sites is 2. The van der Waals surface area contributed by atoms with Crippen LogP contribution in [0.5, 0.6) is 0 Å². The highest BCUT2D eigenvalue weighted by molar-refractivity contribution is 5.87. The molecule has 2 N–H and O–H groups in total. The molecule has 0 amide bonds. The molecule has 0 fully saturated rings. The SMILES string of the molecule is Cc1cccc2[nH]cc(C(C)n3c(=O)n(CC(C(=O)O)c4cccnc4)c4ccccc43)c12. The Morgan fingerprint density at radius 1 is 1.09 bits per heavy atom. The Morgan fingerprint density at radius 2 is 1.88 bits per heavy atom. The molecule has 0 aliphatic carbocycles. The summed E-state index contributed by atoms with van der Waals surface area (Å²) in [6.45, 7) is 4.08. The van der Waals surface area contributed by atoms with Crippen LogP contribution in [0, 0.1) is 6.92 Å². The van der Waals surface area contributed by atoms with Crippen molar-refractivity contribution >= 4 is 27.9 Å². The highest BCUT2D eigenvalue weighted by Gasteiger charge is 2.26. The van der Waals surface area contributed by atoms with E-state index in [9.17, 15) is 14.7 Å². The molecule has 3 heterocycles. The zero-order valence-corrected chi connectivity index (χ0v) is 18.4. The van der Waals surface area contributed by atoms with Gasteiger partial charge in [-0.25, -0.2) is 4.79 Å². The monoisotopic (exact) mass is 440 g/mol. The average Bonchev–Trinajstić information content (AvgIpc) is 3.37. The van der Waals surface area contributed by atoms with Gasteiger partial charge in [0, 0.05) is 41.6 Å². The first-order valence-corrected chi connectivity index (χ1v) is 10.9. The van der Waals surface area contributed by atoms with Crippen LogP contribution in [0.25, 0.3) is 21.9 Å². The van der Waals surface area contributed by atoms with E-state index < -0.39 is 11.9 Å². The maximum absolute atomic E-state index is 13.7. The molecule has 5 aromatic rings. The third-order valence-electron chi connectivity index (χ3n) is 6.40. The van der Waals surface area contributed by atoms with Crippen LogP contribution in [-0.2, 0) is 11.3 Å². The predicted octanol–water partition coefficient (Wildman–Crippen LogP) is 4.47. The molecular formula is C26H24N4O3. The molecule has 7 nitrogen and oxygen atoms in total. The number of carboxylic acids is 1. The zero-order valence-electron chi connectivity index (χ0n) is 18.4. The molecule has 166 valence electrons. The summed E-state index contributed by atoms with van der Waals surface area (Å²) in [6.07, 6.45) is 5.10. The fourth-order valence-electron chi connectivity index (χ4n) is 4.74. The van der Waals surface area contributed by atoms with Crippen LogP contribution in [0.2, 0.25) is 0 Å². The number of imidazole rings is 1. The number of hydrogen-bond acceptors (Lipinski definition) is 3. The summed E-state index contributed by atoms with van der Waals surface area (Å²) in [6, 6.07) is 16.8. The minimum atomic E-state index is -0.993. The zero-order chi connectivity index (χ0) is 23.1. The maximum Gasteiger partial charge on any atom is 0.329 e. The van der Waals surface area contributed by atoms with E-state index in [0.717, 1.165) is 27.5 Å². The normalized spacial score (nSPS) is 13.4. The van der Waals surface area contributed by atoms with Gasteiger partial charge in [0.15, 0.2) is 0 Å². The smallest absolute Gasteiger partial charge is 0.329 e. The van der Waals surface area contributed by atoms with Crippen molar-refractivity contribution in [1.29, 1.82) is 0 Å². The Hall–Kier alpha value is -4.13. The fraction of sp³-hybridized carbons (Fsp3) is 0.192. The van der Waals surface area contributed by atoms with Gasteiger partial charge in [-0.3, -0.25) is 18.9 Å². The number of carboxylic acid groups (broad SMARTS) is 1. The second-order valence-corrected chi connectivity index (χ2v) is 8.35. The van der Waals surface area contributed by atoms with Crippen molar-refractivity contribution in [2.75, 3.05) is 0 Å². The molecule has 3 aromatic heterocycles. The lowest BCUT2D eigenvalue weighted by Gasteiger charge is -2.15. The standard InChI is InChI=1S/C26H24N4O3/c1-16-7-5-9-21-24(16)19(14-28-21)17(2)30-23-11-4-3-10-22(23)29(26(30)33)15-20(25(31)32)18-8-6-12-27-13-18/h3-14,17,20,28H,15H2,1-2H3,(H,31,32). The Morgan fingerprint density at radius 3 is 2.61 bits per heavy atom. The van der Waals surface area contributed by atoms with Gasteiger partial charge in [-0.1, -0.05) is 30.3 Å². The lowest BCUT2D eigenvalue weighted by atomic mass is 10.0. The largest absolute Gasteiger partial charge is 0.481 e. The summed E-state index contributed by atoms with van der Waals surface area (Å²) >= 11 is 0. The first-order chi connectivity index (χ1) is 16.0. The number of nitrogens with one attached hydrogen (secondary N) is 1. The van der Waals surface area contributed by atoms with Crippen LogP contribution in [0.1, 0.15) is 35.6 Å². The van der Waals surface area contributed by atoms with Crippen LogP contribution in [0.15, 0.2) is 78.0 Å². The summed E-state index contributed by atoms with van der Waals surface area (Å²) in [5.74, 6) is -1.88. The molecule has 33 heavy (non-hydrogen) atoms. The molecule has 7 heteroatoms. The average molecular weight is 441 g/mol. The maximum atomic E-state index is 13.7. The van der Waals surface area contributed by atoms with Gasteiger partial charge in [0.2, 0.25) is 0 Å². The number of hydrogen-bond donors (Lipinski definition) is 2. The summed E-state index contributed by atoms with van der Waals surface area (Å²) in [4.78, 5) is 33.2. The molecule has 0 radical (unpaired) electrons. The highest BCUT2D eigenvalue weighted by atomic mass is 16.4. The van der Waals surface area contributed by atoms with Crippen molar-refractivity contribution in [1.82, 2.24) is 19.1 Å². The molecule has 0 saturated carbocycles. The Kier molecular flexibility index (Phi) is 5.09. The van der Waals surface area contributed by atoms with Crippen LogP contribution < -0.4 is 5.69 Å². The van der Waals surface area contributed by atoms with Gasteiger partial charge in [-0.05, 0) is 49.2 Å². The molecule has 0 aliphatic rings. The minimum Gasteiger partial charge on any atom is -0.481 e. The number of benzene rings is 2. The summed E-state index contributed by atoms with van der Waals surface area (Å²) in [5, 5.41) is 11.0. The van der Waals surface area contributed by atoms with Gasteiger partial charge < -0.3 is 10.1 Å². The number of nitrogens with zero attached hydrogens (tertiary/aromatic N) is 3. The molecule has 2 unspecified atom stereocenters. The quantitative estimate of drug-likeness (QED) is 0.408. The molecule has 0 saturated heterocycles. The Labute approximate surface area is 189 Å². The number of carbonyl (C=O) groups is 1. The van der Waals surface area contributed by atoms with E-state index in [-0.39, 0.29) is 18.3 Å². The van der Waals surface area contributed by atoms with Gasteiger partial charge >= 0.3 is 11.7 Å².